The average Bonchev–Trinajstić information content (AvgIpc) is 3.52. The molecular formula is C27H26F2N4O3. The van der Waals surface area contributed by atoms with Crippen molar-refractivity contribution >= 4 is 27.8 Å². The van der Waals surface area contributed by atoms with Crippen LogP contribution >= 0.6 is 0 Å². The summed E-state index contributed by atoms with van der Waals surface area (Å²) in [5, 5.41) is 27.0. The first-order chi connectivity index (χ1) is 17.0. The lowest BCUT2D eigenvalue weighted by Gasteiger charge is -2.28. The molecule has 2 atom stereocenters. The fourth-order valence-corrected chi connectivity index (χ4v) is 5.42. The third-order valence-corrected chi connectivity index (χ3v) is 7.31. The summed E-state index contributed by atoms with van der Waals surface area (Å²) in [6.45, 7) is 7.06. The van der Waals surface area contributed by atoms with Crippen LogP contribution in [0.1, 0.15) is 56.4 Å². The summed E-state index contributed by atoms with van der Waals surface area (Å²) >= 11 is 0. The number of aliphatic carboxylic acids is 1. The first-order valence-electron chi connectivity index (χ1n) is 11.7. The summed E-state index contributed by atoms with van der Waals surface area (Å²) < 4.78 is 38.1. The zero-order chi connectivity index (χ0) is 26.0. The van der Waals surface area contributed by atoms with Crippen LogP contribution in [0.2, 0.25) is 0 Å². The molecule has 0 aliphatic carbocycles. The highest BCUT2D eigenvalue weighted by atomic mass is 19.1. The molecule has 2 aromatic heterocycles. The molecule has 1 saturated heterocycles. The van der Waals surface area contributed by atoms with Gasteiger partial charge in [-0.05, 0) is 55.7 Å². The predicted octanol–water partition coefficient (Wildman–Crippen LogP) is 5.63. The van der Waals surface area contributed by atoms with E-state index in [-0.39, 0.29) is 30.8 Å². The molecule has 1 aliphatic rings. The maximum absolute atomic E-state index is 16.2. The molecule has 4 aromatic rings. The Kier molecular flexibility index (Phi) is 5.41. The number of nitrogens with zero attached hydrogens (tertiary/aromatic N) is 3. The Morgan fingerprint density at radius 2 is 2.14 bits per heavy atom. The number of hydrogen-bond acceptors (Lipinski definition) is 4. The fraction of sp³-hybridized carbons (Fsp3) is 0.370. The number of nitriles is 1. The van der Waals surface area contributed by atoms with Gasteiger partial charge in [0.2, 0.25) is 0 Å². The van der Waals surface area contributed by atoms with E-state index < -0.39 is 28.7 Å². The van der Waals surface area contributed by atoms with Crippen LogP contribution in [0.4, 0.5) is 8.78 Å². The van der Waals surface area contributed by atoms with Gasteiger partial charge >= 0.3 is 5.97 Å². The standard InChI is InChI=1S/C27H26F2N4O3/c1-14-9-17(5-6-18(14)28)33-19-10-15-12-31-32-23(15)22(29)21(19)20(24(33)26(2,3)7-8-30)16-11-27(4,25(34)35)36-13-16/h5-6,9-10,12,16H,7,11,13H2,1-4H3,(H,31,32)(H,34,35)/t16-,27+/m0/s1. The highest BCUT2D eigenvalue weighted by Gasteiger charge is 2.46. The van der Waals surface area contributed by atoms with E-state index in [1.54, 1.807) is 19.1 Å². The van der Waals surface area contributed by atoms with Gasteiger partial charge < -0.3 is 14.4 Å². The number of aryl methyl sites for hydroxylation is 1. The minimum Gasteiger partial charge on any atom is -0.479 e. The van der Waals surface area contributed by atoms with Gasteiger partial charge in [0.05, 0.1) is 24.4 Å². The number of carboxylic acid groups (broad SMARTS) is 1. The molecule has 0 spiro atoms. The summed E-state index contributed by atoms with van der Waals surface area (Å²) in [5.41, 5.74) is 0.913. The SMILES string of the molecule is Cc1cc(-n2c(C(C)(C)CC#N)c([C@@H]3CO[C@@](C)(C(=O)O)C3)c3c(F)c4[nH]ncc4cc32)ccc1F. The molecule has 0 amide bonds. The molecule has 1 aliphatic heterocycles. The van der Waals surface area contributed by atoms with Crippen molar-refractivity contribution in [2.75, 3.05) is 6.61 Å². The monoisotopic (exact) mass is 492 g/mol. The molecule has 2 aromatic carbocycles. The Balaban J connectivity index is 1.94. The molecule has 0 unspecified atom stereocenters. The summed E-state index contributed by atoms with van der Waals surface area (Å²) in [6, 6.07) is 8.73. The Morgan fingerprint density at radius 3 is 2.78 bits per heavy atom. The number of carbonyl (C=O) groups is 1. The number of halogens is 2. The number of aromatic nitrogens is 3. The van der Waals surface area contributed by atoms with Gasteiger partial charge in [-0.15, -0.1) is 0 Å². The normalized spacial score (nSPS) is 20.3. The molecule has 5 rings (SSSR count). The zero-order valence-corrected chi connectivity index (χ0v) is 20.4. The minimum atomic E-state index is -1.42. The number of benzene rings is 2. The third-order valence-electron chi connectivity index (χ3n) is 7.31. The van der Waals surface area contributed by atoms with E-state index in [0.717, 1.165) is 0 Å². The molecule has 7 nitrogen and oxygen atoms in total. The molecule has 0 bridgehead atoms. The van der Waals surface area contributed by atoms with Crippen molar-refractivity contribution in [3.05, 3.63) is 58.9 Å². The van der Waals surface area contributed by atoms with Crippen molar-refractivity contribution < 1.29 is 23.4 Å². The first-order valence-corrected chi connectivity index (χ1v) is 11.7. The number of nitrogens with one attached hydrogen (secondary N) is 1. The topological polar surface area (TPSA) is 104 Å². The van der Waals surface area contributed by atoms with E-state index in [1.165, 1.54) is 19.2 Å². The van der Waals surface area contributed by atoms with E-state index in [1.807, 2.05) is 24.5 Å². The van der Waals surface area contributed by atoms with Crippen LogP contribution in [0.3, 0.4) is 0 Å². The quantitative estimate of drug-likeness (QED) is 0.376. The van der Waals surface area contributed by atoms with Gasteiger partial charge in [0.15, 0.2) is 11.4 Å². The van der Waals surface area contributed by atoms with Gasteiger partial charge in [-0.3, -0.25) is 5.10 Å². The van der Waals surface area contributed by atoms with Crippen molar-refractivity contribution in [1.29, 1.82) is 5.26 Å². The molecule has 2 N–H and O–H groups in total. The molecule has 9 heteroatoms. The van der Waals surface area contributed by atoms with Crippen molar-refractivity contribution in [3.63, 3.8) is 0 Å². The van der Waals surface area contributed by atoms with E-state index in [0.29, 0.717) is 38.8 Å². The van der Waals surface area contributed by atoms with E-state index in [2.05, 4.69) is 16.3 Å². The van der Waals surface area contributed by atoms with Crippen molar-refractivity contribution in [3.8, 4) is 11.8 Å². The van der Waals surface area contributed by atoms with Gasteiger partial charge in [-0.25, -0.2) is 13.6 Å². The number of H-pyrrole nitrogens is 1. The smallest absolute Gasteiger partial charge is 0.335 e. The zero-order valence-electron chi connectivity index (χ0n) is 20.4. The Bertz CT molecular complexity index is 1580. The van der Waals surface area contributed by atoms with Crippen LogP contribution in [0.25, 0.3) is 27.5 Å². The third kappa shape index (κ3) is 3.47. The first kappa shape index (κ1) is 23.9. The number of rotatable bonds is 5. The number of hydrogen-bond donors (Lipinski definition) is 2. The van der Waals surface area contributed by atoms with Crippen LogP contribution in [-0.4, -0.2) is 38.0 Å². The number of carboxylic acids is 1. The summed E-state index contributed by atoms with van der Waals surface area (Å²) in [6.07, 6.45) is 1.80. The van der Waals surface area contributed by atoms with Crippen molar-refractivity contribution in [1.82, 2.24) is 14.8 Å². The van der Waals surface area contributed by atoms with Gasteiger partial charge in [-0.1, -0.05) is 13.8 Å². The second-order valence-corrected chi connectivity index (χ2v) is 10.4. The molecule has 0 saturated carbocycles. The van der Waals surface area contributed by atoms with Gasteiger partial charge in [-0.2, -0.15) is 10.4 Å². The van der Waals surface area contributed by atoms with E-state index in [9.17, 15) is 19.6 Å². The number of ether oxygens (including phenoxy) is 1. The van der Waals surface area contributed by atoms with Crippen molar-refractivity contribution in [2.45, 2.75) is 57.5 Å². The Hall–Kier alpha value is -3.77. The molecular weight excluding hydrogens is 466 g/mol. The lowest BCUT2D eigenvalue weighted by Crippen LogP contribution is -2.34. The molecule has 36 heavy (non-hydrogen) atoms. The van der Waals surface area contributed by atoms with E-state index >= 15 is 4.39 Å². The maximum atomic E-state index is 16.2. The Morgan fingerprint density at radius 1 is 1.39 bits per heavy atom. The fourth-order valence-electron chi connectivity index (χ4n) is 5.42. The van der Waals surface area contributed by atoms with Crippen molar-refractivity contribution in [2.24, 2.45) is 0 Å². The largest absolute Gasteiger partial charge is 0.479 e. The van der Waals surface area contributed by atoms with Crippen LogP contribution < -0.4 is 0 Å². The average molecular weight is 493 g/mol. The lowest BCUT2D eigenvalue weighted by molar-refractivity contribution is -0.157. The second kappa shape index (κ2) is 8.14. The minimum absolute atomic E-state index is 0.0838. The van der Waals surface area contributed by atoms with Crippen LogP contribution in [0, 0.1) is 29.9 Å². The predicted molar refractivity (Wildman–Crippen MR) is 130 cm³/mol. The molecule has 3 heterocycles. The highest BCUT2D eigenvalue weighted by molar-refractivity contribution is 6.00. The van der Waals surface area contributed by atoms with Crippen LogP contribution in [-0.2, 0) is 14.9 Å². The molecule has 186 valence electrons. The van der Waals surface area contributed by atoms with Crippen LogP contribution in [0.5, 0.6) is 0 Å². The van der Waals surface area contributed by atoms with Gasteiger partial charge in [0.1, 0.15) is 11.3 Å². The molecule has 0 radical (unpaired) electrons. The Labute approximate surface area is 206 Å². The summed E-state index contributed by atoms with van der Waals surface area (Å²) in [7, 11) is 0. The maximum Gasteiger partial charge on any atom is 0.335 e. The number of aromatic amines is 1. The van der Waals surface area contributed by atoms with Gasteiger partial charge in [0, 0.05) is 39.9 Å². The molecule has 1 fully saturated rings. The van der Waals surface area contributed by atoms with Gasteiger partial charge in [0.25, 0.3) is 0 Å². The highest BCUT2D eigenvalue weighted by Crippen LogP contribution is 2.48. The second-order valence-electron chi connectivity index (χ2n) is 10.4. The summed E-state index contributed by atoms with van der Waals surface area (Å²) in [5.74, 6) is -2.40. The lowest BCUT2D eigenvalue weighted by atomic mass is 9.79. The summed E-state index contributed by atoms with van der Waals surface area (Å²) in [4.78, 5) is 12.0. The van der Waals surface area contributed by atoms with E-state index in [4.69, 9.17) is 4.74 Å². The van der Waals surface area contributed by atoms with Crippen LogP contribution in [0.15, 0.2) is 30.5 Å². The number of fused-ring (bicyclic) bond motifs is 2.